The van der Waals surface area contributed by atoms with Crippen molar-refractivity contribution in [2.75, 3.05) is 27.3 Å². The van der Waals surface area contributed by atoms with Gasteiger partial charge in [0.05, 0.1) is 17.3 Å². The van der Waals surface area contributed by atoms with E-state index < -0.39 is 5.54 Å². The zero-order chi connectivity index (χ0) is 23.8. The highest BCUT2D eigenvalue weighted by atomic mass is 16.6. The smallest absolute Gasteiger partial charge is 0.192 e. The fourth-order valence-electron chi connectivity index (χ4n) is 3.92. The predicted molar refractivity (Wildman–Crippen MR) is 131 cm³/mol. The van der Waals surface area contributed by atoms with Crippen LogP contribution < -0.4 is 0 Å². The molecule has 1 aliphatic rings. The molecule has 0 N–H and O–H groups in total. The first-order chi connectivity index (χ1) is 16.0. The van der Waals surface area contributed by atoms with Crippen molar-refractivity contribution in [1.82, 2.24) is 9.80 Å². The first-order valence-corrected chi connectivity index (χ1v) is 11.1. The maximum atomic E-state index is 9.59. The molecular formula is C26H31N5O2. The standard InChI is InChI=1S/C26H31N5O2/c1-6-32-28-24-23(17-21-15-11-12-16-22(21)19-27)30(4)25(29-33-7-2)26(3,31(24)5)18-20-13-9-8-10-14-20/h8-17H,6-7,18H2,1-5H3/b23-17-,28-24+,29-25?. The minimum Gasteiger partial charge on any atom is -0.395 e. The first-order valence-electron chi connectivity index (χ1n) is 11.1. The van der Waals surface area contributed by atoms with Gasteiger partial charge in [-0.2, -0.15) is 5.26 Å². The number of amidine groups is 2. The topological polar surface area (TPSA) is 73.4 Å². The Morgan fingerprint density at radius 2 is 1.61 bits per heavy atom. The number of piperazine rings is 1. The van der Waals surface area contributed by atoms with Crippen LogP contribution in [0.3, 0.4) is 0 Å². The number of nitriles is 1. The van der Waals surface area contributed by atoms with Gasteiger partial charge in [-0.05, 0) is 44.0 Å². The Bertz CT molecular complexity index is 1090. The van der Waals surface area contributed by atoms with Crippen LogP contribution in [-0.4, -0.2) is 54.3 Å². The third-order valence-corrected chi connectivity index (χ3v) is 5.77. The van der Waals surface area contributed by atoms with Crippen LogP contribution in [0.15, 0.2) is 70.6 Å². The van der Waals surface area contributed by atoms with E-state index in [4.69, 9.17) is 9.68 Å². The fraction of sp³-hybridized carbons (Fsp3) is 0.346. The Kier molecular flexibility index (Phi) is 7.73. The van der Waals surface area contributed by atoms with Gasteiger partial charge in [0.25, 0.3) is 0 Å². The summed E-state index contributed by atoms with van der Waals surface area (Å²) in [7, 11) is 3.93. The second-order valence-corrected chi connectivity index (χ2v) is 7.95. The average molecular weight is 446 g/mol. The summed E-state index contributed by atoms with van der Waals surface area (Å²) in [4.78, 5) is 15.1. The van der Waals surface area contributed by atoms with E-state index in [1.807, 2.05) is 75.3 Å². The fourth-order valence-corrected chi connectivity index (χ4v) is 3.92. The maximum Gasteiger partial charge on any atom is 0.192 e. The van der Waals surface area contributed by atoms with Crippen molar-refractivity contribution >= 4 is 17.7 Å². The van der Waals surface area contributed by atoms with Crippen LogP contribution in [0.25, 0.3) is 6.08 Å². The number of rotatable bonds is 7. The van der Waals surface area contributed by atoms with Crippen LogP contribution >= 0.6 is 0 Å². The van der Waals surface area contributed by atoms with Crippen molar-refractivity contribution in [3.8, 4) is 6.07 Å². The maximum absolute atomic E-state index is 9.59. The van der Waals surface area contributed by atoms with E-state index in [0.717, 1.165) is 17.1 Å². The molecule has 33 heavy (non-hydrogen) atoms. The van der Waals surface area contributed by atoms with E-state index in [9.17, 15) is 5.26 Å². The lowest BCUT2D eigenvalue weighted by Gasteiger charge is -2.49. The molecule has 7 nitrogen and oxygen atoms in total. The van der Waals surface area contributed by atoms with Crippen molar-refractivity contribution < 1.29 is 9.68 Å². The first kappa shape index (κ1) is 23.9. The van der Waals surface area contributed by atoms with Crippen LogP contribution in [0.1, 0.15) is 37.5 Å². The van der Waals surface area contributed by atoms with Gasteiger partial charge in [-0.15, -0.1) is 0 Å². The Hall–Kier alpha value is -3.79. The molecule has 0 spiro atoms. The average Bonchev–Trinajstić information content (AvgIpc) is 2.83. The lowest BCUT2D eigenvalue weighted by atomic mass is 9.86. The lowest BCUT2D eigenvalue weighted by Crippen LogP contribution is -2.64. The van der Waals surface area contributed by atoms with Crippen LogP contribution in [0.2, 0.25) is 0 Å². The Morgan fingerprint density at radius 1 is 0.970 bits per heavy atom. The Labute approximate surface area is 196 Å². The highest BCUT2D eigenvalue weighted by Gasteiger charge is 2.47. The highest BCUT2D eigenvalue weighted by Crippen LogP contribution is 2.33. The van der Waals surface area contributed by atoms with Crippen LogP contribution in [0.4, 0.5) is 0 Å². The molecule has 1 saturated heterocycles. The second-order valence-electron chi connectivity index (χ2n) is 7.95. The molecule has 2 aromatic rings. The zero-order valence-electron chi connectivity index (χ0n) is 19.9. The van der Waals surface area contributed by atoms with Gasteiger partial charge in [-0.25, -0.2) is 0 Å². The summed E-state index contributed by atoms with van der Waals surface area (Å²) in [5.74, 6) is 1.40. The van der Waals surface area contributed by atoms with Gasteiger partial charge in [0.1, 0.15) is 18.8 Å². The largest absolute Gasteiger partial charge is 0.395 e. The molecule has 0 amide bonds. The van der Waals surface area contributed by atoms with Gasteiger partial charge in [-0.1, -0.05) is 58.8 Å². The minimum atomic E-state index is -0.562. The van der Waals surface area contributed by atoms with E-state index in [2.05, 4.69) is 40.3 Å². The Morgan fingerprint density at radius 3 is 2.27 bits per heavy atom. The summed E-state index contributed by atoms with van der Waals surface area (Å²) in [6.07, 6.45) is 2.63. The molecule has 0 aromatic heterocycles. The molecule has 1 aliphatic heterocycles. The van der Waals surface area contributed by atoms with Gasteiger partial charge >= 0.3 is 0 Å². The molecule has 0 saturated carbocycles. The van der Waals surface area contributed by atoms with Crippen molar-refractivity contribution in [2.24, 2.45) is 10.3 Å². The summed E-state index contributed by atoms with van der Waals surface area (Å²) in [6.45, 7) is 6.83. The number of likely N-dealkylation sites (N-methyl/N-ethyl adjacent to an activating group) is 2. The number of oxime groups is 2. The third kappa shape index (κ3) is 5.01. The van der Waals surface area contributed by atoms with Gasteiger partial charge in [-0.3, -0.25) is 0 Å². The third-order valence-electron chi connectivity index (χ3n) is 5.77. The monoisotopic (exact) mass is 445 g/mol. The predicted octanol–water partition coefficient (Wildman–Crippen LogP) is 4.48. The van der Waals surface area contributed by atoms with Gasteiger partial charge in [0.15, 0.2) is 11.7 Å². The van der Waals surface area contributed by atoms with Gasteiger partial charge in [0, 0.05) is 20.5 Å². The number of benzene rings is 2. The minimum absolute atomic E-state index is 0.443. The highest BCUT2D eigenvalue weighted by molar-refractivity contribution is 6.12. The molecule has 2 aromatic carbocycles. The van der Waals surface area contributed by atoms with E-state index in [-0.39, 0.29) is 0 Å². The summed E-state index contributed by atoms with van der Waals surface area (Å²) >= 11 is 0. The van der Waals surface area contributed by atoms with Crippen LogP contribution in [0, 0.1) is 11.3 Å². The molecule has 0 aliphatic carbocycles. The molecule has 1 unspecified atom stereocenters. The van der Waals surface area contributed by atoms with E-state index in [1.165, 1.54) is 5.56 Å². The number of hydrogen-bond acceptors (Lipinski definition) is 5. The molecule has 172 valence electrons. The quantitative estimate of drug-likeness (QED) is 0.588. The lowest BCUT2D eigenvalue weighted by molar-refractivity contribution is 0.135. The summed E-state index contributed by atoms with van der Waals surface area (Å²) in [5.41, 5.74) is 2.74. The molecule has 1 atom stereocenters. The molecule has 7 heteroatoms. The van der Waals surface area contributed by atoms with Crippen LogP contribution in [0.5, 0.6) is 0 Å². The molecule has 3 rings (SSSR count). The molecular weight excluding hydrogens is 414 g/mol. The summed E-state index contributed by atoms with van der Waals surface area (Å²) in [5, 5.41) is 18.6. The second kappa shape index (κ2) is 10.7. The van der Waals surface area contributed by atoms with E-state index >= 15 is 0 Å². The van der Waals surface area contributed by atoms with Gasteiger partial charge < -0.3 is 19.5 Å². The normalized spacial score (nSPS) is 22.0. The van der Waals surface area contributed by atoms with Gasteiger partial charge in [0.2, 0.25) is 0 Å². The summed E-state index contributed by atoms with van der Waals surface area (Å²) < 4.78 is 0. The van der Waals surface area contributed by atoms with Crippen molar-refractivity contribution in [3.63, 3.8) is 0 Å². The van der Waals surface area contributed by atoms with Crippen molar-refractivity contribution in [1.29, 1.82) is 5.26 Å². The number of nitrogens with zero attached hydrogens (tertiary/aromatic N) is 5. The SMILES string of the molecule is CCON=C1N(C)C(=C\c2ccccc2C#N)/C(=N\OCC)N(C)C1(C)Cc1ccccc1. The van der Waals surface area contributed by atoms with Crippen molar-refractivity contribution in [2.45, 2.75) is 32.7 Å². The Balaban J connectivity index is 2.19. The molecule has 0 bridgehead atoms. The molecule has 1 heterocycles. The van der Waals surface area contributed by atoms with E-state index in [0.29, 0.717) is 31.0 Å². The molecule has 0 radical (unpaired) electrons. The summed E-state index contributed by atoms with van der Waals surface area (Å²) in [6, 6.07) is 20.0. The number of hydrogen-bond donors (Lipinski definition) is 0. The zero-order valence-corrected chi connectivity index (χ0v) is 19.9. The van der Waals surface area contributed by atoms with Crippen LogP contribution in [-0.2, 0) is 16.1 Å². The molecule has 1 fully saturated rings. The van der Waals surface area contributed by atoms with Crippen molar-refractivity contribution in [3.05, 3.63) is 77.0 Å². The van der Waals surface area contributed by atoms with E-state index in [1.54, 1.807) is 6.07 Å².